The lowest BCUT2D eigenvalue weighted by Crippen LogP contribution is -2.61. The number of nitrogens with zero attached hydrogens (tertiary/aromatic N) is 2. The molecule has 0 saturated carbocycles. The largest absolute Gasteiger partial charge is 0.456 e. The van der Waals surface area contributed by atoms with Gasteiger partial charge in [-0.3, -0.25) is 0 Å². The van der Waals surface area contributed by atoms with Crippen LogP contribution in [0.25, 0.3) is 44.2 Å². The normalized spacial score (nSPS) is 18.3. The van der Waals surface area contributed by atoms with Crippen LogP contribution in [0.1, 0.15) is 114 Å². The molecule has 1 aromatic heterocycles. The van der Waals surface area contributed by atoms with Crippen LogP contribution < -0.4 is 20.6 Å². The van der Waals surface area contributed by atoms with E-state index in [-0.39, 0.29) is 28.5 Å². The van der Waals surface area contributed by atoms with Crippen molar-refractivity contribution in [1.29, 1.82) is 0 Å². The standard InChI is InChI=1S/C60H59BN2O/c1-36-30-43-41-22-25-53-54(42-18-14-15-19-52(42)64-53)56(41)63(40-21-23-44-46(34-40)59(7,8)27-26-57(44,3)4)61-48-33-39(38-16-12-11-13-17-38)20-24-49(48)62(51(31-36)55(43)61)50-35-47-45(32-37(50)2)58(5,6)28-29-60(47,9)10/h11-25,30-35H,26-29H2,1-10H3. The van der Waals surface area contributed by atoms with Crippen LogP contribution in [0.4, 0.5) is 28.4 Å². The van der Waals surface area contributed by atoms with Gasteiger partial charge in [0.1, 0.15) is 11.2 Å². The first-order chi connectivity index (χ1) is 30.5. The maximum absolute atomic E-state index is 6.75. The monoisotopic (exact) mass is 834 g/mol. The number of rotatable bonds is 3. The maximum atomic E-state index is 6.75. The second kappa shape index (κ2) is 13.3. The molecule has 8 aromatic rings. The summed E-state index contributed by atoms with van der Waals surface area (Å²) >= 11 is 0. The van der Waals surface area contributed by atoms with E-state index in [1.54, 1.807) is 0 Å². The first kappa shape index (κ1) is 39.6. The lowest BCUT2D eigenvalue weighted by atomic mass is 9.43. The summed E-state index contributed by atoms with van der Waals surface area (Å²) in [6.45, 7) is 24.1. The minimum absolute atomic E-state index is 0.0437. The van der Waals surface area contributed by atoms with Crippen LogP contribution in [0.5, 0.6) is 0 Å². The van der Waals surface area contributed by atoms with Gasteiger partial charge < -0.3 is 14.1 Å². The van der Waals surface area contributed by atoms with Crippen molar-refractivity contribution in [3.63, 3.8) is 0 Å². The van der Waals surface area contributed by atoms with Crippen LogP contribution in [0, 0.1) is 13.8 Å². The van der Waals surface area contributed by atoms with Crippen LogP contribution in [-0.2, 0) is 21.7 Å². The molecule has 2 aliphatic carbocycles. The van der Waals surface area contributed by atoms with Crippen LogP contribution >= 0.6 is 0 Å². The number of aryl methyl sites for hydroxylation is 2. The first-order valence-corrected chi connectivity index (χ1v) is 23.7. The average Bonchev–Trinajstić information content (AvgIpc) is 3.66. The van der Waals surface area contributed by atoms with Crippen LogP contribution in [0.3, 0.4) is 0 Å². The van der Waals surface area contributed by atoms with E-state index in [4.69, 9.17) is 4.42 Å². The van der Waals surface area contributed by atoms with E-state index in [1.807, 2.05) is 0 Å². The molecule has 4 heteroatoms. The zero-order chi connectivity index (χ0) is 44.2. The molecule has 0 N–H and O–H groups in total. The van der Waals surface area contributed by atoms with E-state index in [2.05, 4.69) is 206 Å². The Hall–Kier alpha value is -6.00. The van der Waals surface area contributed by atoms with Gasteiger partial charge in [-0.1, -0.05) is 134 Å². The summed E-state index contributed by atoms with van der Waals surface area (Å²) in [5, 5.41) is 2.33. The topological polar surface area (TPSA) is 19.6 Å². The van der Waals surface area contributed by atoms with Crippen molar-refractivity contribution in [2.45, 2.75) is 117 Å². The fourth-order valence-corrected chi connectivity index (χ4v) is 12.4. The van der Waals surface area contributed by atoms with Crippen molar-refractivity contribution in [3.8, 4) is 22.3 Å². The van der Waals surface area contributed by atoms with Crippen molar-refractivity contribution in [2.24, 2.45) is 0 Å². The molecule has 12 rings (SSSR count). The summed E-state index contributed by atoms with van der Waals surface area (Å²) in [4.78, 5) is 5.38. The molecule has 3 heterocycles. The molecular weight excluding hydrogens is 775 g/mol. The number of para-hydroxylation sites is 1. The Morgan fingerprint density at radius 1 is 0.500 bits per heavy atom. The quantitative estimate of drug-likeness (QED) is 0.165. The van der Waals surface area contributed by atoms with Gasteiger partial charge in [-0.15, -0.1) is 0 Å². The summed E-state index contributed by atoms with van der Waals surface area (Å²) in [7, 11) is 0. The van der Waals surface area contributed by atoms with Crippen molar-refractivity contribution >= 4 is 68.1 Å². The fraction of sp³-hybridized carbons (Fsp3) is 0.300. The minimum Gasteiger partial charge on any atom is -0.456 e. The third kappa shape index (κ3) is 5.60. The highest BCUT2D eigenvalue weighted by Crippen LogP contribution is 2.55. The van der Waals surface area contributed by atoms with Gasteiger partial charge in [0.2, 0.25) is 0 Å². The van der Waals surface area contributed by atoms with E-state index in [9.17, 15) is 0 Å². The van der Waals surface area contributed by atoms with Crippen LogP contribution in [-0.4, -0.2) is 6.85 Å². The van der Waals surface area contributed by atoms with Gasteiger partial charge in [-0.2, -0.15) is 0 Å². The number of anilines is 5. The molecule has 0 fully saturated rings. The SMILES string of the molecule is Cc1cc2c3c(c1)N(c1cc4c(cc1C)C(C)(C)CCC4(C)C)c1ccc(-c4ccccc4)cc1B3N(c1ccc3c(c1)C(C)(C)CCC3(C)C)c1c-2ccc2oc3ccccc3c12. The van der Waals surface area contributed by atoms with E-state index >= 15 is 0 Å². The molecule has 0 amide bonds. The minimum atomic E-state index is -0.127. The van der Waals surface area contributed by atoms with E-state index in [0.29, 0.717) is 0 Å². The van der Waals surface area contributed by atoms with Crippen molar-refractivity contribution < 1.29 is 4.42 Å². The number of hydrogen-bond donors (Lipinski definition) is 0. The molecule has 4 aliphatic rings. The summed E-state index contributed by atoms with van der Waals surface area (Å²) in [6.07, 6.45) is 4.71. The van der Waals surface area contributed by atoms with Gasteiger partial charge in [0.05, 0.1) is 5.39 Å². The van der Waals surface area contributed by atoms with Gasteiger partial charge in [0.15, 0.2) is 0 Å². The Balaban J connectivity index is 1.22. The molecule has 0 spiro atoms. The zero-order valence-electron chi connectivity index (χ0n) is 39.3. The molecule has 318 valence electrons. The van der Waals surface area contributed by atoms with E-state index < -0.39 is 0 Å². The Labute approximate surface area is 380 Å². The molecule has 0 radical (unpaired) electrons. The van der Waals surface area contributed by atoms with Gasteiger partial charge in [0, 0.05) is 39.4 Å². The van der Waals surface area contributed by atoms with Gasteiger partial charge in [-0.05, 0) is 171 Å². The van der Waals surface area contributed by atoms with Crippen LogP contribution in [0.15, 0.2) is 132 Å². The third-order valence-electron chi connectivity index (χ3n) is 16.3. The highest BCUT2D eigenvalue weighted by atomic mass is 16.3. The highest BCUT2D eigenvalue weighted by molar-refractivity contribution is 6.94. The Kier molecular flexibility index (Phi) is 8.22. The highest BCUT2D eigenvalue weighted by Gasteiger charge is 2.48. The Bertz CT molecular complexity index is 3270. The zero-order valence-corrected chi connectivity index (χ0v) is 39.3. The molecule has 0 bridgehead atoms. The Morgan fingerprint density at radius 3 is 1.89 bits per heavy atom. The number of hydrogen-bond acceptors (Lipinski definition) is 3. The summed E-state index contributed by atoms with van der Waals surface area (Å²) in [6, 6.07) is 49.0. The summed E-state index contributed by atoms with van der Waals surface area (Å²) in [5.74, 6) is 0. The molecule has 2 aliphatic heterocycles. The second-order valence-electron chi connectivity index (χ2n) is 22.4. The van der Waals surface area contributed by atoms with Crippen molar-refractivity contribution in [2.75, 3.05) is 9.71 Å². The van der Waals surface area contributed by atoms with E-state index in [0.717, 1.165) is 23.0 Å². The lowest BCUT2D eigenvalue weighted by molar-refractivity contribution is 0.332. The predicted octanol–water partition coefficient (Wildman–Crippen LogP) is 15.3. The third-order valence-corrected chi connectivity index (χ3v) is 16.3. The number of furan rings is 1. The molecular formula is C60H59BN2O. The summed E-state index contributed by atoms with van der Waals surface area (Å²) in [5.41, 5.74) is 24.6. The molecule has 0 saturated heterocycles. The molecule has 3 nitrogen and oxygen atoms in total. The smallest absolute Gasteiger partial charge is 0.333 e. The first-order valence-electron chi connectivity index (χ1n) is 23.7. The average molecular weight is 835 g/mol. The molecule has 0 unspecified atom stereocenters. The van der Waals surface area contributed by atoms with E-state index in [1.165, 1.54) is 120 Å². The summed E-state index contributed by atoms with van der Waals surface area (Å²) < 4.78 is 6.75. The maximum Gasteiger partial charge on any atom is 0.333 e. The van der Waals surface area contributed by atoms with Gasteiger partial charge in [0.25, 0.3) is 0 Å². The molecule has 0 atom stereocenters. The fourth-order valence-electron chi connectivity index (χ4n) is 12.4. The second-order valence-corrected chi connectivity index (χ2v) is 22.4. The van der Waals surface area contributed by atoms with Crippen LogP contribution in [0.2, 0.25) is 0 Å². The number of fused-ring (bicyclic) bond motifs is 10. The van der Waals surface area contributed by atoms with Gasteiger partial charge in [-0.25, -0.2) is 0 Å². The lowest BCUT2D eigenvalue weighted by Gasteiger charge is -2.48. The number of benzene rings is 7. The molecule has 7 aromatic carbocycles. The van der Waals surface area contributed by atoms with Crippen molar-refractivity contribution in [1.82, 2.24) is 0 Å². The molecule has 64 heavy (non-hydrogen) atoms. The van der Waals surface area contributed by atoms with Crippen molar-refractivity contribution in [3.05, 3.63) is 161 Å². The van der Waals surface area contributed by atoms with Gasteiger partial charge >= 0.3 is 6.85 Å². The Morgan fingerprint density at radius 2 is 1.16 bits per heavy atom. The predicted molar refractivity (Wildman–Crippen MR) is 273 cm³/mol.